The van der Waals surface area contributed by atoms with Crippen LogP contribution in [0.2, 0.25) is 0 Å². The Balaban J connectivity index is 2.50. The molecule has 0 aliphatic rings. The lowest BCUT2D eigenvalue weighted by molar-refractivity contribution is -0.137. The van der Waals surface area contributed by atoms with E-state index in [0.29, 0.717) is 12.5 Å². The van der Waals surface area contributed by atoms with E-state index in [1.165, 1.54) is 24.4 Å². The molecule has 0 fully saturated rings. The Morgan fingerprint density at radius 3 is 2.58 bits per heavy atom. The van der Waals surface area contributed by atoms with E-state index in [2.05, 4.69) is 15.3 Å². The highest BCUT2D eigenvalue weighted by atomic mass is 19.4. The highest BCUT2D eigenvalue weighted by molar-refractivity contribution is 5.65. The summed E-state index contributed by atoms with van der Waals surface area (Å²) in [5.74, 6) is 0.317. The summed E-state index contributed by atoms with van der Waals surface area (Å²) in [7, 11) is 0. The zero-order valence-electron chi connectivity index (χ0n) is 10.2. The summed E-state index contributed by atoms with van der Waals surface area (Å²) < 4.78 is 38.8. The van der Waals surface area contributed by atoms with Crippen molar-refractivity contribution in [3.63, 3.8) is 0 Å². The summed E-state index contributed by atoms with van der Waals surface area (Å²) in [6.07, 6.45) is -2.96. The van der Waals surface area contributed by atoms with Crippen molar-refractivity contribution in [2.24, 2.45) is 0 Å². The molecule has 1 aromatic carbocycles. The molecule has 6 heteroatoms. The van der Waals surface area contributed by atoms with E-state index >= 15 is 0 Å². The number of nitrogens with zero attached hydrogens (tertiary/aromatic N) is 2. The number of hydrogen-bond donors (Lipinski definition) is 1. The van der Waals surface area contributed by atoms with Crippen LogP contribution in [0.3, 0.4) is 0 Å². The van der Waals surface area contributed by atoms with E-state index in [0.717, 1.165) is 6.07 Å². The fraction of sp³-hybridized carbons (Fsp3) is 0.231. The van der Waals surface area contributed by atoms with Crippen molar-refractivity contribution in [3.05, 3.63) is 42.1 Å². The first-order valence-electron chi connectivity index (χ1n) is 5.76. The van der Waals surface area contributed by atoms with Crippen LogP contribution < -0.4 is 5.32 Å². The van der Waals surface area contributed by atoms with Gasteiger partial charge in [-0.25, -0.2) is 9.97 Å². The van der Waals surface area contributed by atoms with Gasteiger partial charge in [-0.05, 0) is 19.1 Å². The number of halogens is 3. The van der Waals surface area contributed by atoms with Gasteiger partial charge < -0.3 is 5.32 Å². The molecular formula is C13H12F3N3. The Morgan fingerprint density at radius 2 is 1.89 bits per heavy atom. The first-order chi connectivity index (χ1) is 9.02. The zero-order chi connectivity index (χ0) is 13.9. The number of nitrogens with one attached hydrogen (secondary N) is 1. The van der Waals surface area contributed by atoms with E-state index in [4.69, 9.17) is 0 Å². The average Bonchev–Trinajstić information content (AvgIpc) is 2.38. The van der Waals surface area contributed by atoms with Crippen LogP contribution in [0.1, 0.15) is 12.5 Å². The third-order valence-corrected chi connectivity index (χ3v) is 2.50. The number of rotatable bonds is 3. The summed E-state index contributed by atoms with van der Waals surface area (Å²) in [4.78, 5) is 8.03. The highest BCUT2D eigenvalue weighted by Gasteiger charge is 2.33. The van der Waals surface area contributed by atoms with E-state index in [1.807, 2.05) is 6.92 Å². The van der Waals surface area contributed by atoms with E-state index in [1.54, 1.807) is 6.07 Å². The molecule has 19 heavy (non-hydrogen) atoms. The molecule has 3 nitrogen and oxygen atoms in total. The van der Waals surface area contributed by atoms with Crippen LogP contribution in [0.25, 0.3) is 11.3 Å². The third-order valence-electron chi connectivity index (χ3n) is 2.50. The topological polar surface area (TPSA) is 37.8 Å². The molecule has 100 valence electrons. The Kier molecular flexibility index (Phi) is 3.69. The molecule has 0 aliphatic carbocycles. The normalized spacial score (nSPS) is 11.4. The summed E-state index contributed by atoms with van der Waals surface area (Å²) in [5, 5.41) is 2.87. The second-order valence-corrected chi connectivity index (χ2v) is 3.84. The second kappa shape index (κ2) is 5.26. The van der Waals surface area contributed by atoms with Crippen LogP contribution in [0.4, 0.5) is 19.1 Å². The van der Waals surface area contributed by atoms with Gasteiger partial charge >= 0.3 is 6.18 Å². The lowest BCUT2D eigenvalue weighted by atomic mass is 10.0. The van der Waals surface area contributed by atoms with Crippen LogP contribution in [0.5, 0.6) is 0 Å². The molecule has 2 aromatic rings. The molecule has 0 radical (unpaired) electrons. The number of alkyl halides is 3. The van der Waals surface area contributed by atoms with Gasteiger partial charge in [-0.2, -0.15) is 13.2 Å². The van der Waals surface area contributed by atoms with Gasteiger partial charge in [0.25, 0.3) is 0 Å². The van der Waals surface area contributed by atoms with Gasteiger partial charge in [-0.15, -0.1) is 0 Å². The van der Waals surface area contributed by atoms with Crippen LogP contribution in [-0.2, 0) is 6.18 Å². The van der Waals surface area contributed by atoms with Crippen molar-refractivity contribution in [3.8, 4) is 11.3 Å². The molecule has 0 saturated heterocycles. The maximum absolute atomic E-state index is 12.9. The van der Waals surface area contributed by atoms with E-state index in [-0.39, 0.29) is 11.3 Å². The maximum atomic E-state index is 12.9. The first kappa shape index (κ1) is 13.3. The maximum Gasteiger partial charge on any atom is 0.417 e. The predicted molar refractivity (Wildman–Crippen MR) is 66.6 cm³/mol. The molecule has 0 bridgehead atoms. The van der Waals surface area contributed by atoms with Crippen molar-refractivity contribution in [1.29, 1.82) is 0 Å². The minimum absolute atomic E-state index is 0.0524. The van der Waals surface area contributed by atoms with Gasteiger partial charge in [0.05, 0.1) is 11.3 Å². The monoisotopic (exact) mass is 267 g/mol. The SMILES string of the molecule is CCNc1nccc(-c2ccccc2C(F)(F)F)n1. The average molecular weight is 267 g/mol. The van der Waals surface area contributed by atoms with Gasteiger partial charge in [-0.3, -0.25) is 0 Å². The summed E-state index contributed by atoms with van der Waals surface area (Å²) in [6.45, 7) is 2.46. The van der Waals surface area contributed by atoms with Gasteiger partial charge in [0.15, 0.2) is 0 Å². The molecule has 0 unspecified atom stereocenters. The fourth-order valence-electron chi connectivity index (χ4n) is 1.71. The molecule has 1 heterocycles. The van der Waals surface area contributed by atoms with E-state index < -0.39 is 11.7 Å². The van der Waals surface area contributed by atoms with Crippen molar-refractivity contribution in [2.75, 3.05) is 11.9 Å². The van der Waals surface area contributed by atoms with Crippen LogP contribution in [-0.4, -0.2) is 16.5 Å². The number of hydrogen-bond acceptors (Lipinski definition) is 3. The Labute approximate surface area is 108 Å². The quantitative estimate of drug-likeness (QED) is 0.923. The summed E-state index contributed by atoms with van der Waals surface area (Å²) >= 11 is 0. The zero-order valence-corrected chi connectivity index (χ0v) is 10.2. The third kappa shape index (κ3) is 3.01. The minimum atomic E-state index is -4.40. The molecular weight excluding hydrogens is 255 g/mol. The van der Waals surface area contributed by atoms with Gasteiger partial charge in [0.2, 0.25) is 5.95 Å². The summed E-state index contributed by atoms with van der Waals surface area (Å²) in [6, 6.07) is 6.83. The standard InChI is InChI=1S/C13H12F3N3/c1-2-17-12-18-8-7-11(19-12)9-5-3-4-6-10(9)13(14,15)16/h3-8H,2H2,1H3,(H,17,18,19). The lowest BCUT2D eigenvalue weighted by Crippen LogP contribution is -2.08. The molecule has 1 aromatic heterocycles. The molecule has 0 atom stereocenters. The Morgan fingerprint density at radius 1 is 1.16 bits per heavy atom. The van der Waals surface area contributed by atoms with Crippen molar-refractivity contribution in [2.45, 2.75) is 13.1 Å². The Bertz CT molecular complexity index is 567. The smallest absolute Gasteiger partial charge is 0.354 e. The molecule has 2 rings (SSSR count). The molecule has 0 saturated carbocycles. The lowest BCUT2D eigenvalue weighted by Gasteiger charge is -2.12. The van der Waals surface area contributed by atoms with Gasteiger partial charge in [-0.1, -0.05) is 18.2 Å². The summed E-state index contributed by atoms with van der Waals surface area (Å²) in [5.41, 5.74) is -0.397. The van der Waals surface area contributed by atoms with Crippen LogP contribution >= 0.6 is 0 Å². The molecule has 0 spiro atoms. The van der Waals surface area contributed by atoms with Gasteiger partial charge in [0.1, 0.15) is 0 Å². The van der Waals surface area contributed by atoms with Crippen LogP contribution in [0, 0.1) is 0 Å². The van der Waals surface area contributed by atoms with Crippen molar-refractivity contribution < 1.29 is 13.2 Å². The number of benzene rings is 1. The molecule has 1 N–H and O–H groups in total. The van der Waals surface area contributed by atoms with E-state index in [9.17, 15) is 13.2 Å². The highest BCUT2D eigenvalue weighted by Crippen LogP contribution is 2.36. The van der Waals surface area contributed by atoms with Crippen LogP contribution in [0.15, 0.2) is 36.5 Å². The van der Waals surface area contributed by atoms with Crippen molar-refractivity contribution in [1.82, 2.24) is 9.97 Å². The fourth-order valence-corrected chi connectivity index (χ4v) is 1.71. The van der Waals surface area contributed by atoms with Gasteiger partial charge in [0, 0.05) is 18.3 Å². The number of anilines is 1. The minimum Gasteiger partial charge on any atom is -0.354 e. The molecule has 0 amide bonds. The number of aromatic nitrogens is 2. The Hall–Kier alpha value is -2.11. The predicted octanol–water partition coefficient (Wildman–Crippen LogP) is 3.59. The van der Waals surface area contributed by atoms with Crippen molar-refractivity contribution >= 4 is 5.95 Å². The second-order valence-electron chi connectivity index (χ2n) is 3.84. The first-order valence-corrected chi connectivity index (χ1v) is 5.76. The molecule has 0 aliphatic heterocycles. The largest absolute Gasteiger partial charge is 0.417 e.